The van der Waals surface area contributed by atoms with E-state index in [2.05, 4.69) is 19.1 Å². The van der Waals surface area contributed by atoms with Gasteiger partial charge in [0.2, 0.25) is 0 Å². The van der Waals surface area contributed by atoms with Crippen LogP contribution in [0.4, 0.5) is 4.79 Å². The maximum Gasteiger partial charge on any atom is 0.407 e. The van der Waals surface area contributed by atoms with Gasteiger partial charge in [0.25, 0.3) is 0 Å². The van der Waals surface area contributed by atoms with Crippen molar-refractivity contribution in [1.29, 1.82) is 0 Å². The molecule has 1 unspecified atom stereocenters. The van der Waals surface area contributed by atoms with Gasteiger partial charge in [-0.15, -0.1) is 0 Å². The van der Waals surface area contributed by atoms with Crippen molar-refractivity contribution in [3.8, 4) is 0 Å². The van der Waals surface area contributed by atoms with E-state index in [0.29, 0.717) is 13.0 Å². The minimum Gasteiger partial charge on any atom is -0.465 e. The van der Waals surface area contributed by atoms with Gasteiger partial charge in [-0.1, -0.05) is 19.1 Å². The van der Waals surface area contributed by atoms with Gasteiger partial charge < -0.3 is 10.0 Å². The highest BCUT2D eigenvalue weighted by Crippen LogP contribution is 2.18. The van der Waals surface area contributed by atoms with Crippen molar-refractivity contribution in [1.82, 2.24) is 4.90 Å². The Hall–Kier alpha value is -0.990. The van der Waals surface area contributed by atoms with E-state index in [1.807, 2.05) is 0 Å². The summed E-state index contributed by atoms with van der Waals surface area (Å²) in [7, 11) is 0. The molecule has 1 radical (unpaired) electrons. The Morgan fingerprint density at radius 3 is 2.80 bits per heavy atom. The van der Waals surface area contributed by atoms with Gasteiger partial charge in [0.1, 0.15) is 0 Å². The fourth-order valence-electron chi connectivity index (χ4n) is 2.06. The molecule has 1 aliphatic carbocycles. The summed E-state index contributed by atoms with van der Waals surface area (Å²) in [4.78, 5) is 12.6. The summed E-state index contributed by atoms with van der Waals surface area (Å²) in [6.45, 7) is 4.28. The Morgan fingerprint density at radius 2 is 2.13 bits per heavy atom. The summed E-state index contributed by atoms with van der Waals surface area (Å²) in [6.07, 6.45) is 9.30. The van der Waals surface area contributed by atoms with Crippen molar-refractivity contribution in [3.05, 3.63) is 19.1 Å². The van der Waals surface area contributed by atoms with E-state index in [0.717, 1.165) is 32.1 Å². The molecule has 1 N–H and O–H groups in total. The SMILES string of the molecule is [CH2]CCN(C(=O)O)C1CC/C=C/CCC1. The fourth-order valence-corrected chi connectivity index (χ4v) is 2.06. The number of hydrogen-bond donors (Lipinski definition) is 1. The summed E-state index contributed by atoms with van der Waals surface area (Å²) in [5.41, 5.74) is 0. The summed E-state index contributed by atoms with van der Waals surface area (Å²) >= 11 is 0. The van der Waals surface area contributed by atoms with Crippen LogP contribution in [0.25, 0.3) is 0 Å². The molecule has 15 heavy (non-hydrogen) atoms. The van der Waals surface area contributed by atoms with Crippen molar-refractivity contribution >= 4 is 6.09 Å². The van der Waals surface area contributed by atoms with Gasteiger partial charge in [0.05, 0.1) is 0 Å². The lowest BCUT2D eigenvalue weighted by Gasteiger charge is -2.29. The van der Waals surface area contributed by atoms with E-state index in [4.69, 9.17) is 5.11 Å². The zero-order valence-electron chi connectivity index (χ0n) is 9.19. The highest BCUT2D eigenvalue weighted by atomic mass is 16.4. The molecule has 0 fully saturated rings. The van der Waals surface area contributed by atoms with Gasteiger partial charge in [-0.3, -0.25) is 0 Å². The van der Waals surface area contributed by atoms with Crippen LogP contribution in [0.1, 0.15) is 38.5 Å². The molecule has 1 amide bonds. The third kappa shape index (κ3) is 3.94. The smallest absolute Gasteiger partial charge is 0.407 e. The third-order valence-corrected chi connectivity index (χ3v) is 2.83. The van der Waals surface area contributed by atoms with Crippen LogP contribution >= 0.6 is 0 Å². The first-order chi connectivity index (χ1) is 7.25. The van der Waals surface area contributed by atoms with Gasteiger partial charge in [-0.05, 0) is 38.5 Å². The number of carbonyl (C=O) groups is 1. The van der Waals surface area contributed by atoms with Crippen LogP contribution in [0.3, 0.4) is 0 Å². The van der Waals surface area contributed by atoms with Crippen LogP contribution in [-0.4, -0.2) is 28.7 Å². The van der Waals surface area contributed by atoms with Crippen molar-refractivity contribution in [3.63, 3.8) is 0 Å². The second-order valence-electron chi connectivity index (χ2n) is 3.96. The lowest BCUT2D eigenvalue weighted by molar-refractivity contribution is 0.118. The molecule has 1 atom stereocenters. The van der Waals surface area contributed by atoms with Crippen molar-refractivity contribution in [2.45, 2.75) is 44.6 Å². The highest BCUT2D eigenvalue weighted by molar-refractivity contribution is 5.65. The third-order valence-electron chi connectivity index (χ3n) is 2.83. The van der Waals surface area contributed by atoms with Gasteiger partial charge >= 0.3 is 6.09 Å². The first-order valence-corrected chi connectivity index (χ1v) is 5.69. The second-order valence-corrected chi connectivity index (χ2v) is 3.96. The van der Waals surface area contributed by atoms with E-state index in [1.165, 1.54) is 0 Å². The average molecular weight is 210 g/mol. The lowest BCUT2D eigenvalue weighted by atomic mass is 9.99. The molecular formula is C12H20NO2. The Morgan fingerprint density at radius 1 is 1.40 bits per heavy atom. The van der Waals surface area contributed by atoms with E-state index in [-0.39, 0.29) is 6.04 Å². The second kappa shape index (κ2) is 6.49. The van der Waals surface area contributed by atoms with Crippen LogP contribution < -0.4 is 0 Å². The first-order valence-electron chi connectivity index (χ1n) is 5.69. The molecule has 3 nitrogen and oxygen atoms in total. The molecule has 0 aromatic carbocycles. The van der Waals surface area contributed by atoms with Gasteiger partial charge in [-0.2, -0.15) is 0 Å². The van der Waals surface area contributed by atoms with Crippen LogP contribution in [0, 0.1) is 6.92 Å². The topological polar surface area (TPSA) is 40.5 Å². The molecule has 1 rings (SSSR count). The van der Waals surface area contributed by atoms with Crippen molar-refractivity contribution in [2.75, 3.05) is 6.54 Å². The van der Waals surface area contributed by atoms with E-state index >= 15 is 0 Å². The number of nitrogens with zero attached hydrogens (tertiary/aromatic N) is 1. The van der Waals surface area contributed by atoms with Crippen LogP contribution in [0.5, 0.6) is 0 Å². The molecule has 3 heteroatoms. The molecule has 0 aromatic rings. The largest absolute Gasteiger partial charge is 0.465 e. The summed E-state index contributed by atoms with van der Waals surface area (Å²) in [5.74, 6) is 0. The Bertz CT molecular complexity index is 226. The van der Waals surface area contributed by atoms with E-state index in [1.54, 1.807) is 4.90 Å². The van der Waals surface area contributed by atoms with Crippen LogP contribution in [-0.2, 0) is 0 Å². The monoisotopic (exact) mass is 210 g/mol. The predicted octanol–water partition coefficient (Wildman–Crippen LogP) is 3.08. The van der Waals surface area contributed by atoms with E-state index < -0.39 is 6.09 Å². The summed E-state index contributed by atoms with van der Waals surface area (Å²) < 4.78 is 0. The summed E-state index contributed by atoms with van der Waals surface area (Å²) in [6, 6.07) is 0.189. The van der Waals surface area contributed by atoms with E-state index in [9.17, 15) is 4.79 Å². The van der Waals surface area contributed by atoms with Crippen LogP contribution in [0.2, 0.25) is 0 Å². The number of allylic oxidation sites excluding steroid dienone is 2. The standard InChI is InChI=1S/C12H20NO2/c1-2-10-13(12(14)15)11-8-6-4-3-5-7-9-11/h3-4,11H,1-2,5-10H2,(H,14,15)/b4-3+. The predicted molar refractivity (Wildman–Crippen MR) is 60.7 cm³/mol. The molecular weight excluding hydrogens is 190 g/mol. The number of rotatable bonds is 3. The van der Waals surface area contributed by atoms with Crippen molar-refractivity contribution < 1.29 is 9.90 Å². The van der Waals surface area contributed by atoms with Crippen molar-refractivity contribution in [2.24, 2.45) is 0 Å². The zero-order valence-corrected chi connectivity index (χ0v) is 9.19. The molecule has 0 aliphatic heterocycles. The minimum atomic E-state index is -0.798. The maximum absolute atomic E-state index is 11.1. The summed E-state index contributed by atoms with van der Waals surface area (Å²) in [5, 5.41) is 9.10. The molecule has 0 heterocycles. The maximum atomic E-state index is 11.1. The molecule has 0 saturated heterocycles. The number of amides is 1. The number of hydrogen-bond acceptors (Lipinski definition) is 1. The Kier molecular flexibility index (Phi) is 5.22. The quantitative estimate of drug-likeness (QED) is 0.727. The van der Waals surface area contributed by atoms with Crippen LogP contribution in [0.15, 0.2) is 12.2 Å². The Labute approximate surface area is 91.8 Å². The Balaban J connectivity index is 2.56. The van der Waals surface area contributed by atoms with Gasteiger partial charge in [0.15, 0.2) is 0 Å². The zero-order chi connectivity index (χ0) is 11.1. The normalized spacial score (nSPS) is 23.9. The molecule has 1 aliphatic rings. The molecule has 0 spiro atoms. The number of carboxylic acid groups (broad SMARTS) is 1. The fraction of sp³-hybridized carbons (Fsp3) is 0.667. The highest BCUT2D eigenvalue weighted by Gasteiger charge is 2.21. The van der Waals surface area contributed by atoms with Gasteiger partial charge in [-0.25, -0.2) is 4.79 Å². The van der Waals surface area contributed by atoms with Gasteiger partial charge in [0, 0.05) is 12.6 Å². The lowest BCUT2D eigenvalue weighted by Crippen LogP contribution is -2.40. The average Bonchev–Trinajstić information content (AvgIpc) is 2.14. The minimum absolute atomic E-state index is 0.189. The molecule has 0 bridgehead atoms. The first kappa shape index (κ1) is 12.1. The molecule has 0 aromatic heterocycles. The molecule has 0 saturated carbocycles. The molecule has 85 valence electrons.